The molecule has 0 aliphatic carbocycles. The normalized spacial score (nSPS) is 9.47. The van der Waals surface area contributed by atoms with E-state index in [0.717, 1.165) is 0 Å². The first kappa shape index (κ1) is 12.8. The monoisotopic (exact) mass is 237 g/mol. The van der Waals surface area contributed by atoms with Gasteiger partial charge in [0.15, 0.2) is 0 Å². The van der Waals surface area contributed by atoms with Crippen molar-refractivity contribution in [1.82, 2.24) is 15.6 Å². The zero-order valence-corrected chi connectivity index (χ0v) is 9.49. The third-order valence-corrected chi connectivity index (χ3v) is 2.04. The van der Waals surface area contributed by atoms with Crippen molar-refractivity contribution < 1.29 is 9.59 Å². The lowest BCUT2D eigenvalue weighted by Gasteiger charge is -2.09. The number of nitrogens with two attached hydrogens (primary N) is 1. The first-order chi connectivity index (χ1) is 8.15. The second-order valence-corrected chi connectivity index (χ2v) is 3.22. The molecular weight excluding hydrogens is 222 g/mol. The van der Waals surface area contributed by atoms with Gasteiger partial charge in [-0.05, 0) is 6.07 Å². The van der Waals surface area contributed by atoms with Gasteiger partial charge in [0.2, 0.25) is 0 Å². The van der Waals surface area contributed by atoms with Crippen molar-refractivity contribution in [3.8, 4) is 0 Å². The molecule has 0 fully saturated rings. The lowest BCUT2D eigenvalue weighted by Crippen LogP contribution is -2.37. The number of carbonyl (C=O) groups excluding carboxylic acids is 2. The SMILES string of the molecule is CNc1ccncc1C(=O)NCCNC(N)=O. The van der Waals surface area contributed by atoms with E-state index in [9.17, 15) is 9.59 Å². The molecule has 92 valence electrons. The Morgan fingerprint density at radius 1 is 1.35 bits per heavy atom. The quantitative estimate of drug-likeness (QED) is 0.518. The molecule has 0 atom stereocenters. The zero-order valence-electron chi connectivity index (χ0n) is 9.49. The predicted octanol–water partition coefficient (Wildman–Crippen LogP) is -0.479. The van der Waals surface area contributed by atoms with Gasteiger partial charge in [0.25, 0.3) is 5.91 Å². The van der Waals surface area contributed by atoms with Crippen LogP contribution in [0.1, 0.15) is 10.4 Å². The molecule has 0 aliphatic rings. The van der Waals surface area contributed by atoms with E-state index in [1.165, 1.54) is 6.20 Å². The molecule has 0 saturated heterocycles. The second kappa shape index (κ2) is 6.31. The van der Waals surface area contributed by atoms with Crippen molar-refractivity contribution in [3.05, 3.63) is 24.0 Å². The Hall–Kier alpha value is -2.31. The van der Waals surface area contributed by atoms with E-state index in [2.05, 4.69) is 20.9 Å². The standard InChI is InChI=1S/C10H15N5O2/c1-12-8-2-3-13-6-7(8)9(16)14-4-5-15-10(11)17/h2-3,6H,4-5H2,1H3,(H,12,13)(H,14,16)(H3,11,15,17). The maximum absolute atomic E-state index is 11.7. The number of pyridine rings is 1. The van der Waals surface area contributed by atoms with Gasteiger partial charge in [0, 0.05) is 38.2 Å². The molecule has 7 nitrogen and oxygen atoms in total. The van der Waals surface area contributed by atoms with Crippen LogP contribution >= 0.6 is 0 Å². The molecule has 17 heavy (non-hydrogen) atoms. The number of amides is 3. The number of primary amides is 1. The Balaban J connectivity index is 2.49. The van der Waals surface area contributed by atoms with Crippen molar-refractivity contribution in [2.75, 3.05) is 25.5 Å². The van der Waals surface area contributed by atoms with Crippen molar-refractivity contribution >= 4 is 17.6 Å². The van der Waals surface area contributed by atoms with Crippen LogP contribution < -0.4 is 21.7 Å². The lowest BCUT2D eigenvalue weighted by atomic mass is 10.2. The average Bonchev–Trinajstić information content (AvgIpc) is 2.34. The second-order valence-electron chi connectivity index (χ2n) is 3.22. The van der Waals surface area contributed by atoms with Crippen LogP contribution in [0, 0.1) is 0 Å². The molecule has 0 bridgehead atoms. The molecule has 0 aromatic carbocycles. The van der Waals surface area contributed by atoms with Crippen molar-refractivity contribution in [2.45, 2.75) is 0 Å². The summed E-state index contributed by atoms with van der Waals surface area (Å²) < 4.78 is 0. The van der Waals surface area contributed by atoms with Crippen LogP contribution in [0.4, 0.5) is 10.5 Å². The van der Waals surface area contributed by atoms with Crippen LogP contribution in [0.25, 0.3) is 0 Å². The van der Waals surface area contributed by atoms with Crippen LogP contribution in [-0.4, -0.2) is 37.1 Å². The number of hydrogen-bond acceptors (Lipinski definition) is 4. The van der Waals surface area contributed by atoms with E-state index in [1.807, 2.05) is 0 Å². The van der Waals surface area contributed by atoms with Crippen molar-refractivity contribution in [2.24, 2.45) is 5.73 Å². The molecule has 1 aromatic rings. The molecular formula is C10H15N5O2. The van der Waals surface area contributed by atoms with Gasteiger partial charge < -0.3 is 21.7 Å². The van der Waals surface area contributed by atoms with Gasteiger partial charge in [-0.3, -0.25) is 9.78 Å². The Kier molecular flexibility index (Phi) is 4.74. The summed E-state index contributed by atoms with van der Waals surface area (Å²) >= 11 is 0. The highest BCUT2D eigenvalue weighted by atomic mass is 16.2. The fourth-order valence-electron chi connectivity index (χ4n) is 1.25. The largest absolute Gasteiger partial charge is 0.387 e. The number of nitrogens with one attached hydrogen (secondary N) is 3. The van der Waals surface area contributed by atoms with E-state index >= 15 is 0 Å². The number of hydrogen-bond donors (Lipinski definition) is 4. The molecule has 0 spiro atoms. The Morgan fingerprint density at radius 2 is 2.06 bits per heavy atom. The van der Waals surface area contributed by atoms with E-state index in [0.29, 0.717) is 17.8 Å². The molecule has 0 aliphatic heterocycles. The Labute approximate surface area is 98.8 Å². The van der Waals surface area contributed by atoms with Gasteiger partial charge in [-0.1, -0.05) is 0 Å². The Morgan fingerprint density at radius 3 is 2.71 bits per heavy atom. The predicted molar refractivity (Wildman–Crippen MR) is 63.7 cm³/mol. The highest BCUT2D eigenvalue weighted by molar-refractivity contribution is 5.99. The number of anilines is 1. The first-order valence-corrected chi connectivity index (χ1v) is 5.08. The van der Waals surface area contributed by atoms with Gasteiger partial charge in [0.05, 0.1) is 5.56 Å². The number of aromatic nitrogens is 1. The highest BCUT2D eigenvalue weighted by Gasteiger charge is 2.09. The van der Waals surface area contributed by atoms with Gasteiger partial charge in [-0.15, -0.1) is 0 Å². The van der Waals surface area contributed by atoms with Crippen LogP contribution in [0.15, 0.2) is 18.5 Å². The van der Waals surface area contributed by atoms with Crippen molar-refractivity contribution in [3.63, 3.8) is 0 Å². The van der Waals surface area contributed by atoms with Gasteiger partial charge in [-0.2, -0.15) is 0 Å². The fourth-order valence-corrected chi connectivity index (χ4v) is 1.25. The molecule has 7 heteroatoms. The number of carbonyl (C=O) groups is 2. The maximum atomic E-state index is 11.7. The van der Waals surface area contributed by atoms with Crippen LogP contribution in [-0.2, 0) is 0 Å². The van der Waals surface area contributed by atoms with E-state index < -0.39 is 6.03 Å². The highest BCUT2D eigenvalue weighted by Crippen LogP contribution is 2.11. The summed E-state index contributed by atoms with van der Waals surface area (Å²) in [4.78, 5) is 26.0. The van der Waals surface area contributed by atoms with E-state index in [4.69, 9.17) is 5.73 Å². The first-order valence-electron chi connectivity index (χ1n) is 5.08. The minimum atomic E-state index is -0.614. The minimum absolute atomic E-state index is 0.256. The van der Waals surface area contributed by atoms with Crippen LogP contribution in [0.2, 0.25) is 0 Å². The van der Waals surface area contributed by atoms with Gasteiger partial charge in [0.1, 0.15) is 0 Å². The topological polar surface area (TPSA) is 109 Å². The van der Waals surface area contributed by atoms with Crippen LogP contribution in [0.3, 0.4) is 0 Å². The fraction of sp³-hybridized carbons (Fsp3) is 0.300. The minimum Gasteiger partial charge on any atom is -0.387 e. The van der Waals surface area contributed by atoms with Gasteiger partial charge >= 0.3 is 6.03 Å². The Bertz CT molecular complexity index is 407. The summed E-state index contributed by atoms with van der Waals surface area (Å²) in [7, 11) is 1.72. The molecule has 3 amide bonds. The molecule has 0 unspecified atom stereocenters. The molecule has 0 saturated carbocycles. The lowest BCUT2D eigenvalue weighted by molar-refractivity contribution is 0.0954. The molecule has 5 N–H and O–H groups in total. The third-order valence-electron chi connectivity index (χ3n) is 2.04. The average molecular weight is 237 g/mol. The summed E-state index contributed by atoms with van der Waals surface area (Å²) in [6.07, 6.45) is 3.07. The molecule has 1 rings (SSSR count). The van der Waals surface area contributed by atoms with Crippen LogP contribution in [0.5, 0.6) is 0 Å². The molecule has 0 radical (unpaired) electrons. The summed E-state index contributed by atoms with van der Waals surface area (Å²) in [5.41, 5.74) is 6.03. The number of rotatable bonds is 5. The number of urea groups is 1. The van der Waals surface area contributed by atoms with Gasteiger partial charge in [-0.25, -0.2) is 4.79 Å². The van der Waals surface area contributed by atoms with E-state index in [1.54, 1.807) is 19.3 Å². The smallest absolute Gasteiger partial charge is 0.312 e. The third kappa shape index (κ3) is 3.98. The summed E-state index contributed by atoms with van der Waals surface area (Å²) in [6, 6.07) is 1.09. The summed E-state index contributed by atoms with van der Waals surface area (Å²) in [5.74, 6) is -0.256. The van der Waals surface area contributed by atoms with Crippen molar-refractivity contribution in [1.29, 1.82) is 0 Å². The maximum Gasteiger partial charge on any atom is 0.312 e. The molecule has 1 heterocycles. The summed E-state index contributed by atoms with van der Waals surface area (Å²) in [6.45, 7) is 0.593. The number of nitrogens with zero attached hydrogens (tertiary/aromatic N) is 1. The zero-order chi connectivity index (χ0) is 12.7. The summed E-state index contributed by atoms with van der Waals surface area (Å²) in [5, 5.41) is 7.91. The molecule has 1 aromatic heterocycles. The van der Waals surface area contributed by atoms with E-state index in [-0.39, 0.29) is 12.5 Å².